The Labute approximate surface area is 123 Å². The van der Waals surface area contributed by atoms with Gasteiger partial charge in [0.05, 0.1) is 12.3 Å². The Bertz CT molecular complexity index is 501. The van der Waals surface area contributed by atoms with E-state index in [-0.39, 0.29) is 23.8 Å². The fourth-order valence-electron chi connectivity index (χ4n) is 2.57. The zero-order valence-corrected chi connectivity index (χ0v) is 12.3. The molecule has 1 aliphatic heterocycles. The molecule has 1 aromatic rings. The SMILES string of the molecule is C[C@H]1CC[C@H](C(N)=O)CN1C(=O)Cc1ccc(Cl)cc1. The number of nitrogens with two attached hydrogens (primary N) is 1. The van der Waals surface area contributed by atoms with E-state index in [0.29, 0.717) is 18.0 Å². The molecule has 0 saturated carbocycles. The standard InChI is InChI=1S/C15H19ClN2O2/c1-10-2-5-12(15(17)20)9-18(10)14(19)8-11-3-6-13(16)7-4-11/h3-4,6-7,10,12H,2,5,8-9H2,1H3,(H2,17,20)/t10-,12-/m0/s1. The molecule has 1 fully saturated rings. The van der Waals surface area contributed by atoms with Crippen LogP contribution in [0.5, 0.6) is 0 Å². The van der Waals surface area contributed by atoms with E-state index in [1.54, 1.807) is 17.0 Å². The molecular formula is C15H19ClN2O2. The second-order valence-electron chi connectivity index (χ2n) is 5.38. The Hall–Kier alpha value is -1.55. The number of carbonyl (C=O) groups is 2. The molecule has 1 saturated heterocycles. The molecule has 1 heterocycles. The number of amides is 2. The highest BCUT2D eigenvalue weighted by atomic mass is 35.5. The molecule has 0 aliphatic carbocycles. The third kappa shape index (κ3) is 3.51. The minimum atomic E-state index is -0.318. The molecule has 0 radical (unpaired) electrons. The molecule has 5 heteroatoms. The van der Waals surface area contributed by atoms with Crippen molar-refractivity contribution in [3.05, 3.63) is 34.9 Å². The van der Waals surface area contributed by atoms with E-state index < -0.39 is 0 Å². The predicted molar refractivity (Wildman–Crippen MR) is 78.2 cm³/mol. The quantitative estimate of drug-likeness (QED) is 0.926. The number of benzene rings is 1. The first-order valence-electron chi connectivity index (χ1n) is 6.80. The van der Waals surface area contributed by atoms with Gasteiger partial charge in [-0.05, 0) is 37.5 Å². The van der Waals surface area contributed by atoms with Gasteiger partial charge in [-0.1, -0.05) is 23.7 Å². The van der Waals surface area contributed by atoms with Crippen LogP contribution in [0.4, 0.5) is 0 Å². The topological polar surface area (TPSA) is 63.4 Å². The molecule has 0 aromatic heterocycles. The molecule has 2 atom stereocenters. The van der Waals surface area contributed by atoms with Crippen molar-refractivity contribution in [3.63, 3.8) is 0 Å². The fraction of sp³-hybridized carbons (Fsp3) is 0.467. The number of likely N-dealkylation sites (tertiary alicyclic amines) is 1. The number of piperidine rings is 1. The summed E-state index contributed by atoms with van der Waals surface area (Å²) in [5, 5.41) is 0.654. The van der Waals surface area contributed by atoms with E-state index in [2.05, 4.69) is 0 Å². The lowest BCUT2D eigenvalue weighted by atomic mass is 9.92. The Morgan fingerprint density at radius 3 is 2.55 bits per heavy atom. The second-order valence-corrected chi connectivity index (χ2v) is 5.81. The summed E-state index contributed by atoms with van der Waals surface area (Å²) in [5.41, 5.74) is 6.28. The van der Waals surface area contributed by atoms with Gasteiger partial charge in [-0.25, -0.2) is 0 Å². The van der Waals surface area contributed by atoms with Crippen molar-refractivity contribution in [2.45, 2.75) is 32.2 Å². The summed E-state index contributed by atoms with van der Waals surface area (Å²) < 4.78 is 0. The maximum atomic E-state index is 12.4. The van der Waals surface area contributed by atoms with Gasteiger partial charge in [-0.15, -0.1) is 0 Å². The summed E-state index contributed by atoms with van der Waals surface area (Å²) in [6, 6.07) is 7.40. The summed E-state index contributed by atoms with van der Waals surface area (Å²) in [7, 11) is 0. The van der Waals surface area contributed by atoms with Crippen LogP contribution in [0, 0.1) is 5.92 Å². The lowest BCUT2D eigenvalue weighted by Gasteiger charge is -2.37. The largest absolute Gasteiger partial charge is 0.369 e. The fourth-order valence-corrected chi connectivity index (χ4v) is 2.69. The molecular weight excluding hydrogens is 276 g/mol. The highest BCUT2D eigenvalue weighted by molar-refractivity contribution is 6.30. The zero-order valence-electron chi connectivity index (χ0n) is 11.5. The zero-order chi connectivity index (χ0) is 14.7. The van der Waals surface area contributed by atoms with Gasteiger partial charge in [-0.2, -0.15) is 0 Å². The van der Waals surface area contributed by atoms with Crippen LogP contribution in [-0.2, 0) is 16.0 Å². The second kappa shape index (κ2) is 6.27. The first kappa shape index (κ1) is 14.9. The molecule has 1 aromatic carbocycles. The number of hydrogen-bond acceptors (Lipinski definition) is 2. The number of halogens is 1. The van der Waals surface area contributed by atoms with Gasteiger partial charge in [0.15, 0.2) is 0 Å². The summed E-state index contributed by atoms with van der Waals surface area (Å²) in [5.74, 6) is -0.507. The molecule has 108 valence electrons. The van der Waals surface area contributed by atoms with Crippen molar-refractivity contribution in [3.8, 4) is 0 Å². The summed E-state index contributed by atoms with van der Waals surface area (Å²) >= 11 is 5.83. The number of carbonyl (C=O) groups excluding carboxylic acids is 2. The Balaban J connectivity index is 2.03. The third-order valence-corrected chi connectivity index (χ3v) is 4.13. The van der Waals surface area contributed by atoms with E-state index in [4.69, 9.17) is 17.3 Å². The molecule has 0 unspecified atom stereocenters. The molecule has 2 N–H and O–H groups in total. The summed E-state index contributed by atoms with van der Waals surface area (Å²) in [4.78, 5) is 25.4. The van der Waals surface area contributed by atoms with Crippen LogP contribution in [0.2, 0.25) is 5.02 Å². The number of nitrogens with zero attached hydrogens (tertiary/aromatic N) is 1. The number of primary amides is 1. The normalized spacial score (nSPS) is 22.6. The summed E-state index contributed by atoms with van der Waals surface area (Å²) in [6.45, 7) is 2.44. The van der Waals surface area contributed by atoms with Crippen molar-refractivity contribution >= 4 is 23.4 Å². The Kier molecular flexibility index (Phi) is 4.65. The van der Waals surface area contributed by atoms with Crippen LogP contribution in [0.1, 0.15) is 25.3 Å². The maximum absolute atomic E-state index is 12.4. The summed E-state index contributed by atoms with van der Waals surface area (Å²) in [6.07, 6.45) is 1.91. The van der Waals surface area contributed by atoms with E-state index >= 15 is 0 Å². The van der Waals surface area contributed by atoms with Gasteiger partial charge in [-0.3, -0.25) is 9.59 Å². The molecule has 1 aliphatic rings. The molecule has 2 rings (SSSR count). The molecule has 2 amide bonds. The lowest BCUT2D eigenvalue weighted by molar-refractivity contribution is -0.136. The highest BCUT2D eigenvalue weighted by Crippen LogP contribution is 2.22. The van der Waals surface area contributed by atoms with Crippen molar-refractivity contribution in [1.82, 2.24) is 4.90 Å². The monoisotopic (exact) mass is 294 g/mol. The number of hydrogen-bond donors (Lipinski definition) is 1. The molecule has 0 bridgehead atoms. The first-order chi connectivity index (χ1) is 9.47. The van der Waals surface area contributed by atoms with Crippen LogP contribution in [0.3, 0.4) is 0 Å². The van der Waals surface area contributed by atoms with Gasteiger partial charge in [0.25, 0.3) is 0 Å². The Morgan fingerprint density at radius 1 is 1.30 bits per heavy atom. The van der Waals surface area contributed by atoms with E-state index in [0.717, 1.165) is 18.4 Å². The minimum absolute atomic E-state index is 0.0331. The van der Waals surface area contributed by atoms with Crippen LogP contribution in [0.25, 0.3) is 0 Å². The molecule has 4 nitrogen and oxygen atoms in total. The Morgan fingerprint density at radius 2 is 1.95 bits per heavy atom. The van der Waals surface area contributed by atoms with Crippen molar-refractivity contribution in [1.29, 1.82) is 0 Å². The van der Waals surface area contributed by atoms with Gasteiger partial charge in [0.1, 0.15) is 0 Å². The van der Waals surface area contributed by atoms with Crippen LogP contribution in [0.15, 0.2) is 24.3 Å². The van der Waals surface area contributed by atoms with E-state index in [9.17, 15) is 9.59 Å². The van der Waals surface area contributed by atoms with Crippen LogP contribution >= 0.6 is 11.6 Å². The van der Waals surface area contributed by atoms with Gasteiger partial charge >= 0.3 is 0 Å². The van der Waals surface area contributed by atoms with Crippen molar-refractivity contribution in [2.75, 3.05) is 6.54 Å². The van der Waals surface area contributed by atoms with Gasteiger partial charge in [0.2, 0.25) is 11.8 Å². The van der Waals surface area contributed by atoms with Crippen LogP contribution < -0.4 is 5.73 Å². The molecule has 0 spiro atoms. The lowest BCUT2D eigenvalue weighted by Crippen LogP contribution is -2.49. The van der Waals surface area contributed by atoms with Gasteiger partial charge < -0.3 is 10.6 Å². The minimum Gasteiger partial charge on any atom is -0.369 e. The first-order valence-corrected chi connectivity index (χ1v) is 7.18. The molecule has 20 heavy (non-hydrogen) atoms. The smallest absolute Gasteiger partial charge is 0.227 e. The average Bonchev–Trinajstić information content (AvgIpc) is 2.41. The predicted octanol–water partition coefficient (Wildman–Crippen LogP) is 1.99. The van der Waals surface area contributed by atoms with E-state index in [1.165, 1.54) is 0 Å². The third-order valence-electron chi connectivity index (χ3n) is 3.87. The van der Waals surface area contributed by atoms with Crippen molar-refractivity contribution in [2.24, 2.45) is 11.7 Å². The van der Waals surface area contributed by atoms with E-state index in [1.807, 2.05) is 19.1 Å². The number of rotatable bonds is 3. The highest BCUT2D eigenvalue weighted by Gasteiger charge is 2.31. The average molecular weight is 295 g/mol. The van der Waals surface area contributed by atoms with Crippen LogP contribution in [-0.4, -0.2) is 29.3 Å². The maximum Gasteiger partial charge on any atom is 0.227 e. The van der Waals surface area contributed by atoms with Gasteiger partial charge in [0, 0.05) is 17.6 Å². The van der Waals surface area contributed by atoms with Crippen molar-refractivity contribution < 1.29 is 9.59 Å².